The third-order valence-corrected chi connectivity index (χ3v) is 2.12. The fourth-order valence-electron chi connectivity index (χ4n) is 1.24. The highest BCUT2D eigenvalue weighted by Gasteiger charge is 2.12. The summed E-state index contributed by atoms with van der Waals surface area (Å²) in [6.45, 7) is 3.70. The smallest absolute Gasteiger partial charge is 0.0938 e. The molecule has 0 bridgehead atoms. The second-order valence-electron chi connectivity index (χ2n) is 3.37. The van der Waals surface area contributed by atoms with Gasteiger partial charge in [-0.15, -0.1) is 0 Å². The van der Waals surface area contributed by atoms with E-state index in [-0.39, 0.29) is 6.04 Å². The van der Waals surface area contributed by atoms with Gasteiger partial charge in [0.2, 0.25) is 0 Å². The van der Waals surface area contributed by atoms with Crippen molar-refractivity contribution in [2.45, 2.75) is 26.0 Å². The van der Waals surface area contributed by atoms with Crippen molar-refractivity contribution >= 4 is 11.6 Å². The Morgan fingerprint density at radius 1 is 1.38 bits per heavy atom. The number of hydrogen-bond acceptors (Lipinski definition) is 2. The fraction of sp³-hybridized carbons (Fsp3) is 0.400. The summed E-state index contributed by atoms with van der Waals surface area (Å²) in [7, 11) is 0. The average molecular weight is 200 g/mol. The molecule has 2 atom stereocenters. The summed E-state index contributed by atoms with van der Waals surface area (Å²) in [5.41, 5.74) is 7.38. The maximum Gasteiger partial charge on any atom is 0.0938 e. The monoisotopic (exact) mass is 199 g/mol. The third kappa shape index (κ3) is 2.69. The van der Waals surface area contributed by atoms with Crippen LogP contribution in [0.15, 0.2) is 18.2 Å². The first-order chi connectivity index (χ1) is 6.00. The fourth-order valence-corrected chi connectivity index (χ4v) is 1.54. The molecule has 0 saturated heterocycles. The average Bonchev–Trinajstić information content (AvgIpc) is 2.01. The standard InChI is InChI=1S/C10H14ClNO/c1-6-3-8(5-9(11)4-6)10(13)7(2)12/h3-5,7,10,13H,12H2,1-2H3. The zero-order valence-corrected chi connectivity index (χ0v) is 8.55. The van der Waals surface area contributed by atoms with Crippen LogP contribution in [0.4, 0.5) is 0 Å². The van der Waals surface area contributed by atoms with Gasteiger partial charge in [-0.1, -0.05) is 17.7 Å². The number of rotatable bonds is 2. The van der Waals surface area contributed by atoms with Gasteiger partial charge in [0.25, 0.3) is 0 Å². The van der Waals surface area contributed by atoms with E-state index in [9.17, 15) is 5.11 Å². The maximum atomic E-state index is 9.66. The molecule has 3 N–H and O–H groups in total. The Kier molecular flexibility index (Phi) is 3.31. The molecule has 0 amide bonds. The van der Waals surface area contributed by atoms with Gasteiger partial charge in [-0.3, -0.25) is 0 Å². The van der Waals surface area contributed by atoms with Crippen molar-refractivity contribution in [3.63, 3.8) is 0 Å². The lowest BCUT2D eigenvalue weighted by Crippen LogP contribution is -2.24. The molecule has 0 heterocycles. The first-order valence-corrected chi connectivity index (χ1v) is 4.59. The molecule has 13 heavy (non-hydrogen) atoms. The molecule has 0 fully saturated rings. The van der Waals surface area contributed by atoms with Crippen LogP contribution in [0.1, 0.15) is 24.2 Å². The second kappa shape index (κ2) is 4.09. The largest absolute Gasteiger partial charge is 0.387 e. The number of halogens is 1. The molecule has 3 heteroatoms. The van der Waals surface area contributed by atoms with Gasteiger partial charge in [0.05, 0.1) is 6.10 Å². The maximum absolute atomic E-state index is 9.66. The van der Waals surface area contributed by atoms with Crippen molar-refractivity contribution < 1.29 is 5.11 Å². The lowest BCUT2D eigenvalue weighted by molar-refractivity contribution is 0.153. The highest BCUT2D eigenvalue weighted by atomic mass is 35.5. The van der Waals surface area contributed by atoms with E-state index in [4.69, 9.17) is 17.3 Å². The van der Waals surface area contributed by atoms with Crippen LogP contribution in [0.3, 0.4) is 0 Å². The second-order valence-corrected chi connectivity index (χ2v) is 3.80. The first kappa shape index (κ1) is 10.5. The Labute approximate surface area is 83.3 Å². The van der Waals surface area contributed by atoms with E-state index >= 15 is 0 Å². The van der Waals surface area contributed by atoms with Crippen molar-refractivity contribution in [2.75, 3.05) is 0 Å². The number of benzene rings is 1. The highest BCUT2D eigenvalue weighted by Crippen LogP contribution is 2.21. The number of aliphatic hydroxyl groups excluding tert-OH is 1. The topological polar surface area (TPSA) is 46.2 Å². The van der Waals surface area contributed by atoms with E-state index in [1.807, 2.05) is 19.1 Å². The summed E-state index contributed by atoms with van der Waals surface area (Å²) in [5.74, 6) is 0. The van der Waals surface area contributed by atoms with E-state index in [0.29, 0.717) is 5.02 Å². The molecule has 0 radical (unpaired) electrons. The highest BCUT2D eigenvalue weighted by molar-refractivity contribution is 6.30. The zero-order chi connectivity index (χ0) is 10.0. The number of aliphatic hydroxyl groups is 1. The SMILES string of the molecule is Cc1cc(Cl)cc(C(O)C(C)N)c1. The normalized spacial score (nSPS) is 15.5. The van der Waals surface area contributed by atoms with Crippen molar-refractivity contribution in [3.05, 3.63) is 34.3 Å². The summed E-state index contributed by atoms with van der Waals surface area (Å²) in [6.07, 6.45) is -0.641. The predicted molar refractivity (Wildman–Crippen MR) is 54.8 cm³/mol. The van der Waals surface area contributed by atoms with E-state index in [1.54, 1.807) is 13.0 Å². The van der Waals surface area contributed by atoms with Crippen LogP contribution in [-0.2, 0) is 0 Å². The Hall–Kier alpha value is -0.570. The molecule has 1 rings (SSSR count). The molecule has 0 aromatic heterocycles. The van der Waals surface area contributed by atoms with Gasteiger partial charge in [-0.25, -0.2) is 0 Å². The summed E-state index contributed by atoms with van der Waals surface area (Å²) in [6, 6.07) is 5.19. The Morgan fingerprint density at radius 3 is 2.46 bits per heavy atom. The quantitative estimate of drug-likeness (QED) is 0.766. The molecule has 1 aromatic carbocycles. The van der Waals surface area contributed by atoms with Gasteiger partial charge in [0, 0.05) is 11.1 Å². The van der Waals surface area contributed by atoms with Crippen LogP contribution >= 0.6 is 11.6 Å². The van der Waals surface area contributed by atoms with Crippen LogP contribution in [0.5, 0.6) is 0 Å². The van der Waals surface area contributed by atoms with Gasteiger partial charge >= 0.3 is 0 Å². The van der Waals surface area contributed by atoms with Gasteiger partial charge < -0.3 is 10.8 Å². The third-order valence-electron chi connectivity index (χ3n) is 1.90. The molecule has 0 aliphatic rings. The van der Waals surface area contributed by atoms with Crippen LogP contribution in [0.25, 0.3) is 0 Å². The van der Waals surface area contributed by atoms with Crippen molar-refractivity contribution in [1.82, 2.24) is 0 Å². The van der Waals surface area contributed by atoms with Gasteiger partial charge in [0.15, 0.2) is 0 Å². The minimum absolute atomic E-state index is 0.280. The molecular formula is C10H14ClNO. The first-order valence-electron chi connectivity index (χ1n) is 4.21. The van der Waals surface area contributed by atoms with Gasteiger partial charge in [-0.2, -0.15) is 0 Å². The summed E-state index contributed by atoms with van der Waals surface area (Å²) in [5, 5.41) is 10.3. The Morgan fingerprint density at radius 2 is 2.00 bits per heavy atom. The number of aryl methyl sites for hydroxylation is 1. The minimum atomic E-state index is -0.641. The molecule has 2 unspecified atom stereocenters. The molecule has 0 aliphatic heterocycles. The van der Waals surface area contributed by atoms with E-state index in [2.05, 4.69) is 0 Å². The Bertz CT molecular complexity index is 279. The summed E-state index contributed by atoms with van der Waals surface area (Å²) in [4.78, 5) is 0. The van der Waals surface area contributed by atoms with E-state index in [1.165, 1.54) is 0 Å². The molecule has 72 valence electrons. The summed E-state index contributed by atoms with van der Waals surface area (Å²) < 4.78 is 0. The molecule has 0 aliphatic carbocycles. The Balaban J connectivity index is 3.01. The number of nitrogens with two attached hydrogens (primary N) is 1. The van der Waals surface area contributed by atoms with Gasteiger partial charge in [-0.05, 0) is 37.1 Å². The van der Waals surface area contributed by atoms with E-state index in [0.717, 1.165) is 11.1 Å². The lowest BCUT2D eigenvalue weighted by atomic mass is 10.0. The van der Waals surface area contributed by atoms with Crippen molar-refractivity contribution in [3.8, 4) is 0 Å². The van der Waals surface area contributed by atoms with Crippen LogP contribution in [0, 0.1) is 6.92 Å². The zero-order valence-electron chi connectivity index (χ0n) is 7.79. The minimum Gasteiger partial charge on any atom is -0.387 e. The van der Waals surface area contributed by atoms with Crippen LogP contribution in [-0.4, -0.2) is 11.1 Å². The molecule has 0 saturated carbocycles. The molecule has 1 aromatic rings. The number of hydrogen-bond donors (Lipinski definition) is 2. The molecular weight excluding hydrogens is 186 g/mol. The summed E-state index contributed by atoms with van der Waals surface area (Å²) >= 11 is 5.85. The van der Waals surface area contributed by atoms with Crippen molar-refractivity contribution in [2.24, 2.45) is 5.73 Å². The van der Waals surface area contributed by atoms with Crippen molar-refractivity contribution in [1.29, 1.82) is 0 Å². The molecule has 0 spiro atoms. The molecule has 2 nitrogen and oxygen atoms in total. The lowest BCUT2D eigenvalue weighted by Gasteiger charge is -2.15. The van der Waals surface area contributed by atoms with Crippen LogP contribution in [0.2, 0.25) is 5.02 Å². The van der Waals surface area contributed by atoms with Crippen LogP contribution < -0.4 is 5.73 Å². The van der Waals surface area contributed by atoms with Gasteiger partial charge in [0.1, 0.15) is 0 Å². The predicted octanol–water partition coefficient (Wildman–Crippen LogP) is 2.03. The van der Waals surface area contributed by atoms with E-state index < -0.39 is 6.10 Å².